The molecule has 1 atom stereocenters. The van der Waals surface area contributed by atoms with Gasteiger partial charge < -0.3 is 15.0 Å². The molecule has 0 heterocycles. The third-order valence-corrected chi connectivity index (χ3v) is 6.64. The molecule has 2 aromatic rings. The van der Waals surface area contributed by atoms with Gasteiger partial charge in [0.05, 0.1) is 0 Å². The van der Waals surface area contributed by atoms with Crippen molar-refractivity contribution in [3.05, 3.63) is 65.2 Å². The second-order valence-electron chi connectivity index (χ2n) is 10.5. The summed E-state index contributed by atoms with van der Waals surface area (Å²) in [5.41, 5.74) is 3.43. The van der Waals surface area contributed by atoms with Crippen LogP contribution in [0.4, 0.5) is 0 Å². The maximum absolute atomic E-state index is 13.4. The van der Waals surface area contributed by atoms with Gasteiger partial charge >= 0.3 is 0 Å². The third kappa shape index (κ3) is 7.09. The highest BCUT2D eigenvalue weighted by atomic mass is 16.5. The molecule has 0 spiro atoms. The zero-order valence-electron chi connectivity index (χ0n) is 21.4. The van der Waals surface area contributed by atoms with Gasteiger partial charge in [-0.15, -0.1) is 0 Å². The van der Waals surface area contributed by atoms with Gasteiger partial charge in [0.25, 0.3) is 5.91 Å². The van der Waals surface area contributed by atoms with Crippen LogP contribution in [0.15, 0.2) is 48.5 Å². The maximum atomic E-state index is 13.4. The number of hydrogen-bond donors (Lipinski definition) is 1. The lowest BCUT2D eigenvalue weighted by Crippen LogP contribution is -2.52. The fourth-order valence-corrected chi connectivity index (χ4v) is 4.46. The molecule has 1 saturated carbocycles. The topological polar surface area (TPSA) is 58.6 Å². The average Bonchev–Trinajstić information content (AvgIpc) is 3.31. The Kier molecular flexibility index (Phi) is 8.76. The smallest absolute Gasteiger partial charge is 0.261 e. The summed E-state index contributed by atoms with van der Waals surface area (Å²) >= 11 is 0. The summed E-state index contributed by atoms with van der Waals surface area (Å²) in [7, 11) is 0. The molecule has 34 heavy (non-hydrogen) atoms. The largest absolute Gasteiger partial charge is 0.484 e. The Hall–Kier alpha value is -2.82. The molecule has 2 aromatic carbocycles. The summed E-state index contributed by atoms with van der Waals surface area (Å²) in [4.78, 5) is 28.2. The molecule has 0 radical (unpaired) electrons. The number of amides is 2. The minimum Gasteiger partial charge on any atom is -0.484 e. The van der Waals surface area contributed by atoms with Crippen molar-refractivity contribution in [3.63, 3.8) is 0 Å². The zero-order chi connectivity index (χ0) is 24.7. The van der Waals surface area contributed by atoms with E-state index in [0.717, 1.165) is 36.8 Å². The molecule has 5 heteroatoms. The van der Waals surface area contributed by atoms with Crippen LogP contribution >= 0.6 is 0 Å². The number of hydrogen-bond acceptors (Lipinski definition) is 3. The standard InChI is InChI=1S/C29H40N2O3/c1-6-26(28(33)30-24-9-7-8-10-24)31(19-22-13-11-21(2)12-14-22)27(32)20-34-25-17-15-23(16-18-25)29(3,4)5/h11-18,24,26H,6-10,19-20H2,1-5H3,(H,30,33)/t26-/m1/s1. The number of aryl methyl sites for hydroxylation is 1. The SMILES string of the molecule is CC[C@H](C(=O)NC1CCCC1)N(Cc1ccc(C)cc1)C(=O)COc1ccc(C(C)(C)C)cc1. The highest BCUT2D eigenvalue weighted by Gasteiger charge is 2.30. The van der Waals surface area contributed by atoms with Gasteiger partial charge in [0.2, 0.25) is 5.91 Å². The first-order valence-electron chi connectivity index (χ1n) is 12.6. The van der Waals surface area contributed by atoms with E-state index >= 15 is 0 Å². The van der Waals surface area contributed by atoms with Crippen molar-refractivity contribution in [1.29, 1.82) is 0 Å². The van der Waals surface area contributed by atoms with Crippen LogP contribution in [0.5, 0.6) is 5.75 Å². The number of benzene rings is 2. The quantitative estimate of drug-likeness (QED) is 0.530. The molecule has 5 nitrogen and oxygen atoms in total. The van der Waals surface area contributed by atoms with E-state index in [4.69, 9.17) is 4.74 Å². The van der Waals surface area contributed by atoms with E-state index in [1.165, 1.54) is 5.56 Å². The number of carbonyl (C=O) groups is 2. The fourth-order valence-electron chi connectivity index (χ4n) is 4.46. The molecule has 3 rings (SSSR count). The first kappa shape index (κ1) is 25.8. The Morgan fingerprint density at radius 2 is 1.65 bits per heavy atom. The minimum atomic E-state index is -0.527. The van der Waals surface area contributed by atoms with Crippen LogP contribution in [0, 0.1) is 6.92 Å². The van der Waals surface area contributed by atoms with Gasteiger partial charge in [-0.1, -0.05) is 82.5 Å². The lowest BCUT2D eigenvalue weighted by molar-refractivity contribution is -0.143. The summed E-state index contributed by atoms with van der Waals surface area (Å²) < 4.78 is 5.86. The highest BCUT2D eigenvalue weighted by Crippen LogP contribution is 2.24. The molecular formula is C29H40N2O3. The third-order valence-electron chi connectivity index (χ3n) is 6.64. The molecule has 1 N–H and O–H groups in total. The van der Waals surface area contributed by atoms with Crippen molar-refractivity contribution in [1.82, 2.24) is 10.2 Å². The first-order valence-corrected chi connectivity index (χ1v) is 12.6. The highest BCUT2D eigenvalue weighted by molar-refractivity contribution is 5.88. The Labute approximate surface area is 204 Å². The van der Waals surface area contributed by atoms with Crippen LogP contribution in [0.25, 0.3) is 0 Å². The van der Waals surface area contributed by atoms with Crippen molar-refractivity contribution < 1.29 is 14.3 Å². The molecule has 1 fully saturated rings. The Bertz CT molecular complexity index is 939. The summed E-state index contributed by atoms with van der Waals surface area (Å²) in [5, 5.41) is 3.18. The predicted molar refractivity (Wildman–Crippen MR) is 137 cm³/mol. The van der Waals surface area contributed by atoms with E-state index in [2.05, 4.69) is 26.1 Å². The van der Waals surface area contributed by atoms with E-state index in [1.807, 2.05) is 62.4 Å². The lowest BCUT2D eigenvalue weighted by atomic mass is 9.87. The van der Waals surface area contributed by atoms with E-state index in [0.29, 0.717) is 18.7 Å². The molecule has 2 amide bonds. The van der Waals surface area contributed by atoms with Gasteiger partial charge in [-0.2, -0.15) is 0 Å². The van der Waals surface area contributed by atoms with Crippen molar-refractivity contribution >= 4 is 11.8 Å². The number of carbonyl (C=O) groups excluding carboxylic acids is 2. The van der Waals surface area contributed by atoms with E-state index < -0.39 is 6.04 Å². The van der Waals surface area contributed by atoms with Gasteiger partial charge in [-0.25, -0.2) is 0 Å². The summed E-state index contributed by atoms with van der Waals surface area (Å²) in [6.07, 6.45) is 4.88. The van der Waals surface area contributed by atoms with E-state index in [9.17, 15) is 9.59 Å². The predicted octanol–water partition coefficient (Wildman–Crippen LogP) is 5.54. The average molecular weight is 465 g/mol. The molecule has 0 bridgehead atoms. The van der Waals surface area contributed by atoms with Gasteiger partial charge in [0.1, 0.15) is 11.8 Å². The zero-order valence-corrected chi connectivity index (χ0v) is 21.4. The van der Waals surface area contributed by atoms with Crippen molar-refractivity contribution in [3.8, 4) is 5.75 Å². The summed E-state index contributed by atoms with van der Waals surface area (Å²) in [6, 6.07) is 15.7. The Balaban J connectivity index is 1.73. The molecule has 0 aromatic heterocycles. The van der Waals surface area contributed by atoms with Crippen molar-refractivity contribution in [2.45, 2.75) is 90.8 Å². The lowest BCUT2D eigenvalue weighted by Gasteiger charge is -2.31. The second kappa shape index (κ2) is 11.5. The van der Waals surface area contributed by atoms with Gasteiger partial charge in [-0.05, 0) is 54.9 Å². The summed E-state index contributed by atoms with van der Waals surface area (Å²) in [5.74, 6) is 0.401. The fraction of sp³-hybridized carbons (Fsp3) is 0.517. The molecule has 184 valence electrons. The van der Waals surface area contributed by atoms with Gasteiger partial charge in [0, 0.05) is 12.6 Å². The molecule has 1 aliphatic carbocycles. The van der Waals surface area contributed by atoms with Gasteiger partial charge in [-0.3, -0.25) is 9.59 Å². The molecule has 0 unspecified atom stereocenters. The van der Waals surface area contributed by atoms with Crippen molar-refractivity contribution in [2.24, 2.45) is 0 Å². The number of ether oxygens (including phenoxy) is 1. The number of nitrogens with zero attached hydrogens (tertiary/aromatic N) is 1. The number of nitrogens with one attached hydrogen (secondary N) is 1. The van der Waals surface area contributed by atoms with Crippen LogP contribution in [0.3, 0.4) is 0 Å². The van der Waals surface area contributed by atoms with Crippen LogP contribution in [0.2, 0.25) is 0 Å². The van der Waals surface area contributed by atoms with E-state index in [-0.39, 0.29) is 29.9 Å². The van der Waals surface area contributed by atoms with E-state index in [1.54, 1.807) is 4.90 Å². The minimum absolute atomic E-state index is 0.0558. The molecule has 1 aliphatic rings. The second-order valence-corrected chi connectivity index (χ2v) is 10.5. The molecule has 0 saturated heterocycles. The normalized spacial score (nSPS) is 15.1. The molecule has 0 aliphatic heterocycles. The molecular weight excluding hydrogens is 424 g/mol. The first-order chi connectivity index (χ1) is 16.2. The van der Waals surface area contributed by atoms with Crippen LogP contribution in [0.1, 0.15) is 76.5 Å². The van der Waals surface area contributed by atoms with Crippen LogP contribution in [-0.2, 0) is 21.5 Å². The monoisotopic (exact) mass is 464 g/mol. The van der Waals surface area contributed by atoms with Crippen LogP contribution < -0.4 is 10.1 Å². The van der Waals surface area contributed by atoms with Crippen molar-refractivity contribution in [2.75, 3.05) is 6.61 Å². The summed E-state index contributed by atoms with van der Waals surface area (Å²) in [6.45, 7) is 10.8. The Morgan fingerprint density at radius 3 is 2.21 bits per heavy atom. The van der Waals surface area contributed by atoms with Crippen LogP contribution in [-0.4, -0.2) is 35.4 Å². The maximum Gasteiger partial charge on any atom is 0.261 e. The van der Waals surface area contributed by atoms with Gasteiger partial charge in [0.15, 0.2) is 6.61 Å². The Morgan fingerprint density at radius 1 is 1.03 bits per heavy atom. The number of rotatable bonds is 9.